The third kappa shape index (κ3) is 1.55. The lowest BCUT2D eigenvalue weighted by atomic mass is 10.1. The highest BCUT2D eigenvalue weighted by molar-refractivity contribution is 5.79. The lowest BCUT2D eigenvalue weighted by Gasteiger charge is -2.00. The van der Waals surface area contributed by atoms with Crippen LogP contribution in [-0.4, -0.2) is 14.5 Å². The molecule has 90 valence electrons. The number of hydrogen-bond acceptors (Lipinski definition) is 4. The Kier molecular flexibility index (Phi) is 2.16. The third-order valence-corrected chi connectivity index (χ3v) is 2.78. The third-order valence-electron chi connectivity index (χ3n) is 2.78. The normalized spacial score (nSPS) is 10.9. The minimum Gasteiger partial charge on any atom is -0.408 e. The predicted octanol–water partition coefficient (Wildman–Crippen LogP) is 0.882. The number of aryl methyl sites for hydroxylation is 1. The topological polar surface area (TPSA) is 80.9 Å². The summed E-state index contributed by atoms with van der Waals surface area (Å²) < 4.78 is 6.52. The van der Waals surface area contributed by atoms with Crippen molar-refractivity contribution >= 4 is 11.1 Å². The van der Waals surface area contributed by atoms with Gasteiger partial charge in [0.15, 0.2) is 5.58 Å². The highest BCUT2D eigenvalue weighted by Crippen LogP contribution is 2.21. The van der Waals surface area contributed by atoms with Crippen LogP contribution in [0.4, 0.5) is 0 Å². The number of nitrogens with one attached hydrogen (secondary N) is 1. The molecule has 2 aromatic heterocycles. The van der Waals surface area contributed by atoms with Gasteiger partial charge in [0.1, 0.15) is 0 Å². The Morgan fingerprint density at radius 2 is 2.11 bits per heavy atom. The summed E-state index contributed by atoms with van der Waals surface area (Å²) in [4.78, 5) is 28.7. The average Bonchev–Trinajstić information content (AvgIpc) is 2.65. The summed E-state index contributed by atoms with van der Waals surface area (Å²) in [7, 11) is 1.64. The van der Waals surface area contributed by atoms with E-state index in [-0.39, 0.29) is 0 Å². The molecule has 0 amide bonds. The summed E-state index contributed by atoms with van der Waals surface area (Å²) in [6.45, 7) is 0. The molecule has 0 bridgehead atoms. The van der Waals surface area contributed by atoms with Crippen molar-refractivity contribution < 1.29 is 4.42 Å². The SMILES string of the molecule is Cn1c(=O)oc2cc(-c3ccnc(=O)[nH]3)ccc21. The maximum absolute atomic E-state index is 11.4. The van der Waals surface area contributed by atoms with E-state index in [0.717, 1.165) is 5.56 Å². The van der Waals surface area contributed by atoms with Gasteiger partial charge < -0.3 is 9.40 Å². The van der Waals surface area contributed by atoms with E-state index in [4.69, 9.17) is 4.42 Å². The molecule has 0 fully saturated rings. The number of oxazole rings is 1. The minimum atomic E-state index is -0.415. The zero-order valence-electron chi connectivity index (χ0n) is 9.51. The van der Waals surface area contributed by atoms with Crippen molar-refractivity contribution in [1.29, 1.82) is 0 Å². The van der Waals surface area contributed by atoms with Gasteiger partial charge in [0.25, 0.3) is 0 Å². The van der Waals surface area contributed by atoms with Gasteiger partial charge in [-0.3, -0.25) is 4.57 Å². The molecule has 0 spiro atoms. The average molecular weight is 243 g/mol. The number of benzene rings is 1. The Morgan fingerprint density at radius 1 is 1.28 bits per heavy atom. The number of fused-ring (bicyclic) bond motifs is 1. The summed E-state index contributed by atoms with van der Waals surface area (Å²) >= 11 is 0. The molecule has 0 aliphatic carbocycles. The number of H-pyrrole nitrogens is 1. The molecular weight excluding hydrogens is 234 g/mol. The van der Waals surface area contributed by atoms with Crippen LogP contribution in [0.5, 0.6) is 0 Å². The molecule has 0 unspecified atom stereocenters. The van der Waals surface area contributed by atoms with Crippen molar-refractivity contribution in [3.63, 3.8) is 0 Å². The first-order valence-corrected chi connectivity index (χ1v) is 5.30. The second-order valence-electron chi connectivity index (χ2n) is 3.90. The molecule has 18 heavy (non-hydrogen) atoms. The Morgan fingerprint density at radius 3 is 2.89 bits per heavy atom. The van der Waals surface area contributed by atoms with Crippen LogP contribution >= 0.6 is 0 Å². The maximum Gasteiger partial charge on any atom is 0.419 e. The molecule has 0 aliphatic heterocycles. The Balaban J connectivity index is 2.25. The molecule has 1 aromatic carbocycles. The Bertz CT molecular complexity index is 841. The van der Waals surface area contributed by atoms with Crippen molar-refractivity contribution in [2.75, 3.05) is 0 Å². The molecule has 0 saturated heterocycles. The van der Waals surface area contributed by atoms with E-state index in [1.807, 2.05) is 6.07 Å². The van der Waals surface area contributed by atoms with Crippen molar-refractivity contribution in [3.8, 4) is 11.3 Å². The van der Waals surface area contributed by atoms with Crippen LogP contribution in [0.25, 0.3) is 22.4 Å². The number of hydrogen-bond donors (Lipinski definition) is 1. The van der Waals surface area contributed by atoms with Gasteiger partial charge in [-0.1, -0.05) is 6.07 Å². The molecule has 6 heteroatoms. The fraction of sp³-hybridized carbons (Fsp3) is 0.0833. The number of aromatic amines is 1. The zero-order chi connectivity index (χ0) is 12.7. The van der Waals surface area contributed by atoms with Gasteiger partial charge in [0.2, 0.25) is 0 Å². The quantitative estimate of drug-likeness (QED) is 0.688. The standard InChI is InChI=1S/C12H9N3O3/c1-15-9-3-2-7(6-10(9)18-12(15)17)8-4-5-13-11(16)14-8/h2-6H,1H3,(H,13,14,16). The first-order valence-electron chi connectivity index (χ1n) is 5.30. The first kappa shape index (κ1) is 10.5. The van der Waals surface area contributed by atoms with E-state index in [0.29, 0.717) is 16.8 Å². The lowest BCUT2D eigenvalue weighted by Crippen LogP contribution is -2.09. The number of nitrogens with zero attached hydrogens (tertiary/aromatic N) is 2. The second kappa shape index (κ2) is 3.69. The van der Waals surface area contributed by atoms with Crippen LogP contribution < -0.4 is 11.4 Å². The molecule has 0 aliphatic rings. The van der Waals surface area contributed by atoms with E-state index in [2.05, 4.69) is 9.97 Å². The second-order valence-corrected chi connectivity index (χ2v) is 3.90. The number of aromatic nitrogens is 3. The van der Waals surface area contributed by atoms with E-state index in [1.54, 1.807) is 25.2 Å². The monoisotopic (exact) mass is 243 g/mol. The summed E-state index contributed by atoms with van der Waals surface area (Å²) in [6, 6.07) is 6.97. The summed E-state index contributed by atoms with van der Waals surface area (Å²) in [6.07, 6.45) is 1.43. The summed E-state index contributed by atoms with van der Waals surface area (Å²) in [5, 5.41) is 0. The van der Waals surface area contributed by atoms with Crippen LogP contribution in [0.3, 0.4) is 0 Å². The highest BCUT2D eigenvalue weighted by atomic mass is 16.4. The largest absolute Gasteiger partial charge is 0.419 e. The van der Waals surface area contributed by atoms with Crippen LogP contribution in [0.1, 0.15) is 0 Å². The van der Waals surface area contributed by atoms with Crippen LogP contribution in [0.15, 0.2) is 44.5 Å². The molecule has 0 radical (unpaired) electrons. The molecule has 3 rings (SSSR count). The van der Waals surface area contributed by atoms with Crippen LogP contribution in [0, 0.1) is 0 Å². The van der Waals surface area contributed by atoms with Gasteiger partial charge in [-0.2, -0.15) is 0 Å². The molecule has 0 saturated carbocycles. The van der Waals surface area contributed by atoms with Crippen molar-refractivity contribution in [3.05, 3.63) is 51.5 Å². The van der Waals surface area contributed by atoms with Gasteiger partial charge in [0, 0.05) is 18.8 Å². The summed E-state index contributed by atoms with van der Waals surface area (Å²) in [5.41, 5.74) is 2.17. The molecular formula is C12H9N3O3. The molecule has 3 aromatic rings. The van der Waals surface area contributed by atoms with Gasteiger partial charge in [-0.15, -0.1) is 0 Å². The van der Waals surface area contributed by atoms with Gasteiger partial charge >= 0.3 is 11.4 Å². The van der Waals surface area contributed by atoms with E-state index >= 15 is 0 Å². The van der Waals surface area contributed by atoms with Crippen LogP contribution in [0.2, 0.25) is 0 Å². The maximum atomic E-state index is 11.4. The number of rotatable bonds is 1. The first-order chi connectivity index (χ1) is 8.65. The Labute approximate surface area is 101 Å². The van der Waals surface area contributed by atoms with Gasteiger partial charge in [-0.05, 0) is 18.2 Å². The van der Waals surface area contributed by atoms with E-state index in [1.165, 1.54) is 10.8 Å². The lowest BCUT2D eigenvalue weighted by molar-refractivity contribution is 0.528. The fourth-order valence-corrected chi connectivity index (χ4v) is 1.84. The van der Waals surface area contributed by atoms with Crippen molar-refractivity contribution in [2.45, 2.75) is 0 Å². The smallest absolute Gasteiger partial charge is 0.408 e. The molecule has 6 nitrogen and oxygen atoms in total. The minimum absolute atomic E-state index is 0.412. The van der Waals surface area contributed by atoms with Gasteiger partial charge in [-0.25, -0.2) is 14.6 Å². The fourth-order valence-electron chi connectivity index (χ4n) is 1.84. The highest BCUT2D eigenvalue weighted by Gasteiger charge is 2.07. The molecule has 1 N–H and O–H groups in total. The Hall–Kier alpha value is -2.63. The van der Waals surface area contributed by atoms with Gasteiger partial charge in [0.05, 0.1) is 11.2 Å². The zero-order valence-corrected chi connectivity index (χ0v) is 9.51. The van der Waals surface area contributed by atoms with Crippen molar-refractivity contribution in [2.24, 2.45) is 7.05 Å². The van der Waals surface area contributed by atoms with Crippen molar-refractivity contribution in [1.82, 2.24) is 14.5 Å². The predicted molar refractivity (Wildman–Crippen MR) is 65.3 cm³/mol. The molecule has 0 atom stereocenters. The summed E-state index contributed by atoms with van der Waals surface area (Å²) in [5.74, 6) is -0.412. The van der Waals surface area contributed by atoms with E-state index < -0.39 is 11.4 Å². The van der Waals surface area contributed by atoms with Crippen LogP contribution in [-0.2, 0) is 7.05 Å². The van der Waals surface area contributed by atoms with E-state index in [9.17, 15) is 9.59 Å². The molecule has 2 heterocycles.